The van der Waals surface area contributed by atoms with E-state index in [0.717, 1.165) is 17.7 Å². The Hall–Kier alpha value is -1.51. The van der Waals surface area contributed by atoms with E-state index < -0.39 is 5.97 Å². The zero-order valence-corrected chi connectivity index (χ0v) is 9.03. The fraction of sp³-hybridized carbons (Fsp3) is 0.417. The third-order valence-corrected chi connectivity index (χ3v) is 3.11. The molecule has 0 aliphatic carbocycles. The third-order valence-electron chi connectivity index (χ3n) is 3.11. The van der Waals surface area contributed by atoms with Crippen LogP contribution in [-0.4, -0.2) is 24.2 Å². The van der Waals surface area contributed by atoms with Crippen molar-refractivity contribution in [3.05, 3.63) is 29.3 Å². The molecule has 0 amide bonds. The van der Waals surface area contributed by atoms with Crippen molar-refractivity contribution in [1.82, 2.24) is 0 Å². The summed E-state index contributed by atoms with van der Waals surface area (Å²) in [4.78, 5) is 12.9. The number of aryl methyl sites for hydroxylation is 2. The summed E-state index contributed by atoms with van der Waals surface area (Å²) < 4.78 is 0. The maximum Gasteiger partial charge on any atom is 0.326 e. The van der Waals surface area contributed by atoms with E-state index >= 15 is 0 Å². The van der Waals surface area contributed by atoms with Crippen LogP contribution in [0, 0.1) is 6.92 Å². The van der Waals surface area contributed by atoms with Crippen LogP contribution in [0.5, 0.6) is 0 Å². The summed E-state index contributed by atoms with van der Waals surface area (Å²) in [6.07, 6.45) is 1.56. The van der Waals surface area contributed by atoms with Crippen molar-refractivity contribution < 1.29 is 9.90 Å². The highest BCUT2D eigenvalue weighted by molar-refractivity contribution is 5.80. The van der Waals surface area contributed by atoms with Gasteiger partial charge >= 0.3 is 5.97 Å². The van der Waals surface area contributed by atoms with Crippen molar-refractivity contribution in [3.8, 4) is 0 Å². The summed E-state index contributed by atoms with van der Waals surface area (Å²) >= 11 is 0. The first-order valence-electron chi connectivity index (χ1n) is 5.15. The van der Waals surface area contributed by atoms with Gasteiger partial charge in [0.2, 0.25) is 0 Å². The summed E-state index contributed by atoms with van der Waals surface area (Å²) in [6, 6.07) is 5.76. The van der Waals surface area contributed by atoms with Crippen LogP contribution in [0.3, 0.4) is 0 Å². The second-order valence-electron chi connectivity index (χ2n) is 4.09. The van der Waals surface area contributed by atoms with Crippen LogP contribution in [0.25, 0.3) is 0 Å². The summed E-state index contributed by atoms with van der Waals surface area (Å²) in [6.45, 7) is 2.03. The Morgan fingerprint density at radius 1 is 1.53 bits per heavy atom. The number of benzene rings is 1. The number of hydrogen-bond acceptors (Lipinski definition) is 2. The second-order valence-corrected chi connectivity index (χ2v) is 4.09. The van der Waals surface area contributed by atoms with Crippen molar-refractivity contribution in [3.63, 3.8) is 0 Å². The fourth-order valence-corrected chi connectivity index (χ4v) is 2.36. The molecule has 0 fully saturated rings. The van der Waals surface area contributed by atoms with Gasteiger partial charge in [-0.2, -0.15) is 0 Å². The van der Waals surface area contributed by atoms with Gasteiger partial charge in [0, 0.05) is 12.7 Å². The molecule has 0 aromatic heterocycles. The van der Waals surface area contributed by atoms with Crippen LogP contribution in [0.4, 0.5) is 5.69 Å². The standard InChI is InChI=1S/C12H15NO2/c1-8-4-3-5-9-6-7-10(12(14)15)13(2)11(8)9/h3-5,10H,6-7H2,1-2H3,(H,14,15). The van der Waals surface area contributed by atoms with Gasteiger partial charge in [-0.15, -0.1) is 0 Å². The monoisotopic (exact) mass is 205 g/mol. The molecule has 1 aromatic rings. The zero-order valence-electron chi connectivity index (χ0n) is 9.03. The normalized spacial score (nSPS) is 19.9. The van der Waals surface area contributed by atoms with Crippen molar-refractivity contribution in [2.45, 2.75) is 25.8 Å². The number of carboxylic acids is 1. The molecule has 2 rings (SSSR count). The molecule has 0 saturated carbocycles. The lowest BCUT2D eigenvalue weighted by Gasteiger charge is -2.34. The average Bonchev–Trinajstić information content (AvgIpc) is 2.17. The minimum Gasteiger partial charge on any atom is -0.480 e. The molecule has 0 radical (unpaired) electrons. The Balaban J connectivity index is 2.45. The van der Waals surface area contributed by atoms with Crippen LogP contribution in [0.15, 0.2) is 18.2 Å². The Kier molecular flexibility index (Phi) is 2.39. The number of para-hydroxylation sites is 1. The Morgan fingerprint density at radius 2 is 2.27 bits per heavy atom. The van der Waals surface area contributed by atoms with Crippen LogP contribution < -0.4 is 4.90 Å². The van der Waals surface area contributed by atoms with Gasteiger partial charge in [-0.1, -0.05) is 18.2 Å². The Labute approximate surface area is 89.3 Å². The van der Waals surface area contributed by atoms with Crippen LogP contribution in [0.2, 0.25) is 0 Å². The molecule has 1 unspecified atom stereocenters. The van der Waals surface area contributed by atoms with E-state index in [1.165, 1.54) is 5.56 Å². The summed E-state index contributed by atoms with van der Waals surface area (Å²) in [5.41, 5.74) is 3.51. The van der Waals surface area contributed by atoms with Gasteiger partial charge < -0.3 is 10.0 Å². The lowest BCUT2D eigenvalue weighted by atomic mass is 9.94. The molecule has 15 heavy (non-hydrogen) atoms. The quantitative estimate of drug-likeness (QED) is 0.760. The highest BCUT2D eigenvalue weighted by Gasteiger charge is 2.29. The first-order chi connectivity index (χ1) is 7.11. The molecule has 3 nitrogen and oxygen atoms in total. The van der Waals surface area contributed by atoms with E-state index in [4.69, 9.17) is 5.11 Å². The number of rotatable bonds is 1. The number of aliphatic carboxylic acids is 1. The number of carbonyl (C=O) groups is 1. The largest absolute Gasteiger partial charge is 0.480 e. The number of fused-ring (bicyclic) bond motifs is 1. The SMILES string of the molecule is Cc1cccc2c1N(C)C(C(=O)O)CC2. The van der Waals surface area contributed by atoms with Crippen LogP contribution >= 0.6 is 0 Å². The van der Waals surface area contributed by atoms with E-state index in [1.807, 2.05) is 31.0 Å². The molecule has 0 spiro atoms. The highest BCUT2D eigenvalue weighted by Crippen LogP contribution is 2.32. The molecule has 1 aromatic carbocycles. The number of likely N-dealkylation sites (N-methyl/N-ethyl adjacent to an activating group) is 1. The maximum atomic E-state index is 11.0. The third kappa shape index (κ3) is 1.58. The van der Waals surface area contributed by atoms with E-state index in [1.54, 1.807) is 0 Å². The highest BCUT2D eigenvalue weighted by atomic mass is 16.4. The molecular weight excluding hydrogens is 190 g/mol. The predicted octanol–water partition coefficient (Wildman–Crippen LogP) is 1.83. The van der Waals surface area contributed by atoms with Crippen molar-refractivity contribution in [1.29, 1.82) is 0 Å². The van der Waals surface area contributed by atoms with Gasteiger partial charge in [0.05, 0.1) is 0 Å². The molecule has 80 valence electrons. The molecule has 1 N–H and O–H groups in total. The van der Waals surface area contributed by atoms with Crippen molar-refractivity contribution in [2.24, 2.45) is 0 Å². The summed E-state index contributed by atoms with van der Waals surface area (Å²) in [5.74, 6) is -0.730. The van der Waals surface area contributed by atoms with Gasteiger partial charge in [0.25, 0.3) is 0 Å². The van der Waals surface area contributed by atoms with Crippen molar-refractivity contribution >= 4 is 11.7 Å². The summed E-state index contributed by atoms with van der Waals surface area (Å²) in [7, 11) is 1.86. The van der Waals surface area contributed by atoms with Gasteiger partial charge in [-0.05, 0) is 30.9 Å². The van der Waals surface area contributed by atoms with E-state index in [9.17, 15) is 4.79 Å². The van der Waals surface area contributed by atoms with E-state index in [2.05, 4.69) is 6.07 Å². The molecule has 0 saturated heterocycles. The van der Waals surface area contributed by atoms with Crippen LogP contribution in [0.1, 0.15) is 17.5 Å². The lowest BCUT2D eigenvalue weighted by molar-refractivity contribution is -0.138. The van der Waals surface area contributed by atoms with Gasteiger partial charge in [-0.25, -0.2) is 4.79 Å². The zero-order chi connectivity index (χ0) is 11.0. The number of anilines is 1. The fourth-order valence-electron chi connectivity index (χ4n) is 2.36. The molecule has 1 heterocycles. The van der Waals surface area contributed by atoms with Gasteiger partial charge in [0.1, 0.15) is 6.04 Å². The van der Waals surface area contributed by atoms with E-state index in [-0.39, 0.29) is 6.04 Å². The maximum absolute atomic E-state index is 11.0. The smallest absolute Gasteiger partial charge is 0.326 e. The summed E-state index contributed by atoms with van der Waals surface area (Å²) in [5, 5.41) is 9.08. The first kappa shape index (κ1) is 10.0. The van der Waals surface area contributed by atoms with E-state index in [0.29, 0.717) is 6.42 Å². The molecule has 1 aliphatic rings. The number of nitrogens with zero attached hydrogens (tertiary/aromatic N) is 1. The molecular formula is C12H15NO2. The first-order valence-corrected chi connectivity index (χ1v) is 5.15. The Bertz CT molecular complexity index is 401. The molecule has 0 bridgehead atoms. The topological polar surface area (TPSA) is 40.5 Å². The van der Waals surface area contributed by atoms with Crippen LogP contribution in [-0.2, 0) is 11.2 Å². The number of hydrogen-bond donors (Lipinski definition) is 1. The van der Waals surface area contributed by atoms with Gasteiger partial charge in [-0.3, -0.25) is 0 Å². The minimum absolute atomic E-state index is 0.376. The van der Waals surface area contributed by atoms with Gasteiger partial charge in [0.15, 0.2) is 0 Å². The van der Waals surface area contributed by atoms with Crippen molar-refractivity contribution in [2.75, 3.05) is 11.9 Å². The Morgan fingerprint density at radius 3 is 2.93 bits per heavy atom. The minimum atomic E-state index is -0.730. The molecule has 3 heteroatoms. The molecule has 1 atom stereocenters. The average molecular weight is 205 g/mol. The predicted molar refractivity (Wildman–Crippen MR) is 59.3 cm³/mol. The number of carboxylic acid groups (broad SMARTS) is 1. The molecule has 1 aliphatic heterocycles. The lowest BCUT2D eigenvalue weighted by Crippen LogP contribution is -2.42. The second kappa shape index (κ2) is 3.57.